The fourth-order valence-corrected chi connectivity index (χ4v) is 1.78. The maximum absolute atomic E-state index is 5.77. The molecule has 0 radical (unpaired) electrons. The SMILES string of the molecule is Cc1ccc(C2OCCN(C)N2C)cc1. The predicted octanol–water partition coefficient (Wildman–Crippen LogP) is 1.80. The van der Waals surface area contributed by atoms with Gasteiger partial charge in [-0.2, -0.15) is 0 Å². The average Bonchev–Trinajstić information content (AvgIpc) is 2.24. The van der Waals surface area contributed by atoms with E-state index in [1.807, 2.05) is 0 Å². The van der Waals surface area contributed by atoms with Gasteiger partial charge in [0, 0.05) is 20.6 Å². The summed E-state index contributed by atoms with van der Waals surface area (Å²) in [6.45, 7) is 3.85. The van der Waals surface area contributed by atoms with Gasteiger partial charge in [-0.3, -0.25) is 0 Å². The first kappa shape index (κ1) is 10.6. The Hall–Kier alpha value is -0.900. The molecule has 0 aromatic heterocycles. The molecule has 82 valence electrons. The Kier molecular flexibility index (Phi) is 3.05. The number of aryl methyl sites for hydroxylation is 1. The van der Waals surface area contributed by atoms with Crippen LogP contribution in [0.15, 0.2) is 24.3 Å². The molecule has 1 aromatic carbocycles. The summed E-state index contributed by atoms with van der Waals surface area (Å²) in [6, 6.07) is 8.52. The Balaban J connectivity index is 2.18. The Morgan fingerprint density at radius 1 is 1.20 bits per heavy atom. The second-order valence-corrected chi connectivity index (χ2v) is 4.09. The molecule has 0 saturated carbocycles. The Morgan fingerprint density at radius 2 is 1.87 bits per heavy atom. The highest BCUT2D eigenvalue weighted by Crippen LogP contribution is 2.24. The monoisotopic (exact) mass is 206 g/mol. The number of hydrogen-bond acceptors (Lipinski definition) is 3. The van der Waals surface area contributed by atoms with E-state index in [1.54, 1.807) is 0 Å². The lowest BCUT2D eigenvalue weighted by atomic mass is 10.1. The summed E-state index contributed by atoms with van der Waals surface area (Å²) >= 11 is 0. The van der Waals surface area contributed by atoms with Gasteiger partial charge in [0.05, 0.1) is 6.61 Å². The Bertz CT molecular complexity index is 323. The molecule has 1 saturated heterocycles. The van der Waals surface area contributed by atoms with Gasteiger partial charge in [0.25, 0.3) is 0 Å². The normalized spacial score (nSPS) is 24.3. The van der Waals surface area contributed by atoms with Gasteiger partial charge >= 0.3 is 0 Å². The number of hydrogen-bond donors (Lipinski definition) is 0. The lowest BCUT2D eigenvalue weighted by Crippen LogP contribution is -2.46. The average molecular weight is 206 g/mol. The Morgan fingerprint density at radius 3 is 2.53 bits per heavy atom. The van der Waals surface area contributed by atoms with Gasteiger partial charge in [0.15, 0.2) is 0 Å². The van der Waals surface area contributed by atoms with Crippen molar-refractivity contribution in [3.05, 3.63) is 35.4 Å². The van der Waals surface area contributed by atoms with Crippen molar-refractivity contribution in [1.29, 1.82) is 0 Å². The molecule has 15 heavy (non-hydrogen) atoms. The zero-order valence-corrected chi connectivity index (χ0v) is 9.60. The summed E-state index contributed by atoms with van der Waals surface area (Å²) in [5.74, 6) is 0. The third-order valence-electron chi connectivity index (χ3n) is 2.93. The molecule has 1 aliphatic rings. The fraction of sp³-hybridized carbons (Fsp3) is 0.500. The molecular formula is C12H18N2O. The van der Waals surface area contributed by atoms with Crippen molar-refractivity contribution >= 4 is 0 Å². The largest absolute Gasteiger partial charge is 0.356 e. The fourth-order valence-electron chi connectivity index (χ4n) is 1.78. The molecule has 0 spiro atoms. The third kappa shape index (κ3) is 2.20. The van der Waals surface area contributed by atoms with Gasteiger partial charge in [-0.15, -0.1) is 0 Å². The third-order valence-corrected chi connectivity index (χ3v) is 2.93. The minimum Gasteiger partial charge on any atom is -0.356 e. The molecule has 1 aliphatic heterocycles. The predicted molar refractivity (Wildman–Crippen MR) is 60.3 cm³/mol. The van der Waals surface area contributed by atoms with Crippen molar-refractivity contribution in [3.63, 3.8) is 0 Å². The zero-order valence-electron chi connectivity index (χ0n) is 9.60. The highest BCUT2D eigenvalue weighted by atomic mass is 16.5. The molecule has 1 heterocycles. The van der Waals surface area contributed by atoms with E-state index in [0.717, 1.165) is 13.2 Å². The van der Waals surface area contributed by atoms with Crippen LogP contribution in [-0.2, 0) is 4.74 Å². The topological polar surface area (TPSA) is 15.7 Å². The van der Waals surface area contributed by atoms with Gasteiger partial charge in [0.2, 0.25) is 0 Å². The highest BCUT2D eigenvalue weighted by molar-refractivity contribution is 5.23. The molecule has 1 fully saturated rings. The van der Waals surface area contributed by atoms with Gasteiger partial charge in [0.1, 0.15) is 6.23 Å². The van der Waals surface area contributed by atoms with Crippen LogP contribution in [0.3, 0.4) is 0 Å². The van der Waals surface area contributed by atoms with Crippen molar-refractivity contribution in [2.24, 2.45) is 0 Å². The van der Waals surface area contributed by atoms with Gasteiger partial charge < -0.3 is 4.74 Å². The molecule has 3 heteroatoms. The molecule has 3 nitrogen and oxygen atoms in total. The van der Waals surface area contributed by atoms with E-state index in [-0.39, 0.29) is 6.23 Å². The minimum absolute atomic E-state index is 0.0596. The lowest BCUT2D eigenvalue weighted by molar-refractivity contribution is -0.194. The standard InChI is InChI=1S/C12H18N2O/c1-10-4-6-11(7-5-10)12-14(3)13(2)8-9-15-12/h4-7,12H,8-9H2,1-3H3. The second-order valence-electron chi connectivity index (χ2n) is 4.09. The summed E-state index contributed by atoms with van der Waals surface area (Å²) in [7, 11) is 4.15. The first-order chi connectivity index (χ1) is 7.18. The smallest absolute Gasteiger partial charge is 0.149 e. The number of benzene rings is 1. The molecule has 0 bridgehead atoms. The Labute approximate surface area is 91.2 Å². The van der Waals surface area contributed by atoms with E-state index in [9.17, 15) is 0 Å². The van der Waals surface area contributed by atoms with Crippen molar-refractivity contribution in [1.82, 2.24) is 10.0 Å². The first-order valence-electron chi connectivity index (χ1n) is 5.30. The van der Waals surface area contributed by atoms with Crippen molar-refractivity contribution in [2.75, 3.05) is 27.2 Å². The minimum atomic E-state index is 0.0596. The molecule has 2 rings (SSSR count). The van der Waals surface area contributed by atoms with Gasteiger partial charge in [-0.1, -0.05) is 29.8 Å². The summed E-state index contributed by atoms with van der Waals surface area (Å²) in [4.78, 5) is 0. The molecule has 0 aliphatic carbocycles. The van der Waals surface area contributed by atoms with Crippen LogP contribution in [0.5, 0.6) is 0 Å². The zero-order chi connectivity index (χ0) is 10.8. The maximum atomic E-state index is 5.77. The van der Waals surface area contributed by atoms with Crippen LogP contribution < -0.4 is 0 Å². The second kappa shape index (κ2) is 4.31. The van der Waals surface area contributed by atoms with Crippen LogP contribution in [0.1, 0.15) is 17.4 Å². The maximum Gasteiger partial charge on any atom is 0.149 e. The van der Waals surface area contributed by atoms with Gasteiger partial charge in [-0.05, 0) is 12.5 Å². The molecule has 0 amide bonds. The van der Waals surface area contributed by atoms with Crippen LogP contribution in [0.25, 0.3) is 0 Å². The van der Waals surface area contributed by atoms with E-state index >= 15 is 0 Å². The first-order valence-corrected chi connectivity index (χ1v) is 5.30. The van der Waals surface area contributed by atoms with Gasteiger partial charge in [-0.25, -0.2) is 10.0 Å². The van der Waals surface area contributed by atoms with Crippen LogP contribution >= 0.6 is 0 Å². The van der Waals surface area contributed by atoms with Crippen LogP contribution in [-0.4, -0.2) is 37.3 Å². The molecule has 0 N–H and O–H groups in total. The van der Waals surface area contributed by atoms with E-state index in [0.29, 0.717) is 0 Å². The summed E-state index contributed by atoms with van der Waals surface area (Å²) in [6.07, 6.45) is 0.0596. The van der Waals surface area contributed by atoms with Crippen molar-refractivity contribution in [3.8, 4) is 0 Å². The molecule has 1 unspecified atom stereocenters. The number of rotatable bonds is 1. The van der Waals surface area contributed by atoms with E-state index < -0.39 is 0 Å². The van der Waals surface area contributed by atoms with Crippen LogP contribution in [0.2, 0.25) is 0 Å². The number of likely N-dealkylation sites (N-methyl/N-ethyl adjacent to an activating group) is 1. The number of nitrogens with zero attached hydrogens (tertiary/aromatic N) is 2. The summed E-state index contributed by atoms with van der Waals surface area (Å²) in [5.41, 5.74) is 2.50. The van der Waals surface area contributed by atoms with E-state index in [1.165, 1.54) is 11.1 Å². The quantitative estimate of drug-likeness (QED) is 0.697. The van der Waals surface area contributed by atoms with Crippen molar-refractivity contribution in [2.45, 2.75) is 13.2 Å². The number of ether oxygens (including phenoxy) is 1. The van der Waals surface area contributed by atoms with E-state index in [4.69, 9.17) is 4.74 Å². The lowest BCUT2D eigenvalue weighted by Gasteiger charge is -2.39. The molecular weight excluding hydrogens is 188 g/mol. The summed E-state index contributed by atoms with van der Waals surface area (Å²) in [5, 5.41) is 4.32. The summed E-state index contributed by atoms with van der Waals surface area (Å²) < 4.78 is 5.77. The number of hydrazine groups is 1. The van der Waals surface area contributed by atoms with E-state index in [2.05, 4.69) is 55.3 Å². The highest BCUT2D eigenvalue weighted by Gasteiger charge is 2.24. The van der Waals surface area contributed by atoms with Crippen molar-refractivity contribution < 1.29 is 4.74 Å². The molecule has 1 atom stereocenters. The van der Waals surface area contributed by atoms with Crippen LogP contribution in [0, 0.1) is 6.92 Å². The van der Waals surface area contributed by atoms with Crippen LogP contribution in [0.4, 0.5) is 0 Å². The molecule has 1 aromatic rings.